The molecule has 2 aromatic rings. The van der Waals surface area contributed by atoms with Gasteiger partial charge >= 0.3 is 6.36 Å². The van der Waals surface area contributed by atoms with Crippen LogP contribution in [0.15, 0.2) is 42.5 Å². The minimum Gasteiger partial charge on any atom is -0.493 e. The van der Waals surface area contributed by atoms with Crippen LogP contribution in [0.4, 0.5) is 13.2 Å². The van der Waals surface area contributed by atoms with Crippen LogP contribution in [0.2, 0.25) is 0 Å². The Bertz CT molecular complexity index is 666. The van der Waals surface area contributed by atoms with E-state index in [9.17, 15) is 18.0 Å². The standard InChI is InChI=1S/C16H13F3O3/c1-2-21-15-9-12(22-16(17,18)19)7-8-14(15)13-6-4-3-5-11(13)10-20/h3-10H,2H2,1H3. The van der Waals surface area contributed by atoms with Crippen molar-refractivity contribution in [2.45, 2.75) is 13.3 Å². The van der Waals surface area contributed by atoms with E-state index in [1.54, 1.807) is 31.2 Å². The van der Waals surface area contributed by atoms with Gasteiger partial charge in [0.15, 0.2) is 6.29 Å². The number of carbonyl (C=O) groups is 1. The smallest absolute Gasteiger partial charge is 0.493 e. The van der Waals surface area contributed by atoms with Gasteiger partial charge in [-0.25, -0.2) is 0 Å². The Morgan fingerprint density at radius 3 is 2.45 bits per heavy atom. The summed E-state index contributed by atoms with van der Waals surface area (Å²) in [4.78, 5) is 11.1. The second-order valence-electron chi connectivity index (χ2n) is 4.34. The molecule has 0 radical (unpaired) electrons. The van der Waals surface area contributed by atoms with Crippen LogP contribution in [-0.4, -0.2) is 19.3 Å². The molecule has 0 saturated heterocycles. The lowest BCUT2D eigenvalue weighted by atomic mass is 9.99. The fourth-order valence-electron chi connectivity index (χ4n) is 2.04. The van der Waals surface area contributed by atoms with Crippen LogP contribution in [0.5, 0.6) is 11.5 Å². The summed E-state index contributed by atoms with van der Waals surface area (Å²) in [6, 6.07) is 10.5. The number of hydrogen-bond acceptors (Lipinski definition) is 3. The van der Waals surface area contributed by atoms with E-state index in [4.69, 9.17) is 4.74 Å². The number of benzene rings is 2. The third-order valence-corrected chi connectivity index (χ3v) is 2.86. The minimum atomic E-state index is -4.77. The minimum absolute atomic E-state index is 0.221. The van der Waals surface area contributed by atoms with Gasteiger partial charge in [-0.15, -0.1) is 13.2 Å². The summed E-state index contributed by atoms with van der Waals surface area (Å²) < 4.78 is 46.1. The van der Waals surface area contributed by atoms with Crippen LogP contribution in [0.25, 0.3) is 11.1 Å². The van der Waals surface area contributed by atoms with E-state index in [0.717, 1.165) is 6.07 Å². The zero-order valence-corrected chi connectivity index (χ0v) is 11.7. The van der Waals surface area contributed by atoms with Crippen molar-refractivity contribution < 1.29 is 27.4 Å². The molecule has 0 aliphatic rings. The molecule has 0 aromatic heterocycles. The average molecular weight is 310 g/mol. The Hall–Kier alpha value is -2.50. The maximum absolute atomic E-state index is 12.3. The number of halogens is 3. The molecule has 0 amide bonds. The van der Waals surface area contributed by atoms with E-state index < -0.39 is 6.36 Å². The molecule has 6 heteroatoms. The van der Waals surface area contributed by atoms with Crippen LogP contribution < -0.4 is 9.47 Å². The fourth-order valence-corrected chi connectivity index (χ4v) is 2.04. The van der Waals surface area contributed by atoms with Crippen molar-refractivity contribution in [2.24, 2.45) is 0 Å². The molecule has 0 atom stereocenters. The highest BCUT2D eigenvalue weighted by atomic mass is 19.4. The zero-order chi connectivity index (χ0) is 16.2. The largest absolute Gasteiger partial charge is 0.573 e. The Morgan fingerprint density at radius 2 is 1.82 bits per heavy atom. The van der Waals surface area contributed by atoms with Crippen molar-refractivity contribution in [3.05, 3.63) is 48.0 Å². The van der Waals surface area contributed by atoms with Crippen molar-refractivity contribution in [3.8, 4) is 22.6 Å². The molecule has 0 fully saturated rings. The van der Waals surface area contributed by atoms with Crippen LogP contribution in [0.1, 0.15) is 17.3 Å². The van der Waals surface area contributed by atoms with Crippen molar-refractivity contribution in [2.75, 3.05) is 6.61 Å². The van der Waals surface area contributed by atoms with E-state index in [1.165, 1.54) is 12.1 Å². The second-order valence-corrected chi connectivity index (χ2v) is 4.34. The summed E-state index contributed by atoms with van der Waals surface area (Å²) in [5.41, 5.74) is 1.53. The Morgan fingerprint density at radius 1 is 1.09 bits per heavy atom. The highest BCUT2D eigenvalue weighted by Gasteiger charge is 2.31. The topological polar surface area (TPSA) is 35.5 Å². The quantitative estimate of drug-likeness (QED) is 0.765. The molecule has 0 bridgehead atoms. The highest BCUT2D eigenvalue weighted by molar-refractivity contribution is 5.89. The lowest BCUT2D eigenvalue weighted by Crippen LogP contribution is -2.17. The third-order valence-electron chi connectivity index (χ3n) is 2.86. The number of aldehydes is 1. The summed E-state index contributed by atoms with van der Waals surface area (Å²) in [5.74, 6) is -0.151. The maximum Gasteiger partial charge on any atom is 0.573 e. The highest BCUT2D eigenvalue weighted by Crippen LogP contribution is 2.36. The first-order valence-corrected chi connectivity index (χ1v) is 6.51. The monoisotopic (exact) mass is 310 g/mol. The van der Waals surface area contributed by atoms with E-state index in [-0.39, 0.29) is 18.1 Å². The summed E-state index contributed by atoms with van der Waals surface area (Å²) in [6.07, 6.45) is -4.09. The molecule has 0 unspecified atom stereocenters. The van der Waals surface area contributed by atoms with Gasteiger partial charge in [0.05, 0.1) is 6.61 Å². The SMILES string of the molecule is CCOc1cc(OC(F)(F)F)ccc1-c1ccccc1C=O. The summed E-state index contributed by atoms with van der Waals surface area (Å²) in [5, 5.41) is 0. The predicted molar refractivity (Wildman–Crippen MR) is 75.1 cm³/mol. The van der Waals surface area contributed by atoms with E-state index in [1.807, 2.05) is 0 Å². The molecular weight excluding hydrogens is 297 g/mol. The summed E-state index contributed by atoms with van der Waals surface area (Å²) >= 11 is 0. The molecule has 0 heterocycles. The van der Waals surface area contributed by atoms with Crippen molar-refractivity contribution in [3.63, 3.8) is 0 Å². The number of ether oxygens (including phenoxy) is 2. The molecule has 0 spiro atoms. The molecule has 22 heavy (non-hydrogen) atoms. The average Bonchev–Trinajstić information content (AvgIpc) is 2.46. The molecule has 0 aliphatic heterocycles. The van der Waals surface area contributed by atoms with Gasteiger partial charge in [-0.2, -0.15) is 0 Å². The van der Waals surface area contributed by atoms with Crippen molar-refractivity contribution >= 4 is 6.29 Å². The fraction of sp³-hybridized carbons (Fsp3) is 0.188. The van der Waals surface area contributed by atoms with Crippen molar-refractivity contribution in [1.29, 1.82) is 0 Å². The predicted octanol–water partition coefficient (Wildman–Crippen LogP) is 4.46. The van der Waals surface area contributed by atoms with Crippen LogP contribution in [-0.2, 0) is 0 Å². The molecule has 2 aromatic carbocycles. The van der Waals surface area contributed by atoms with Gasteiger partial charge in [0.2, 0.25) is 0 Å². The Labute approximate surface area is 125 Å². The number of alkyl halides is 3. The van der Waals surface area contributed by atoms with Crippen LogP contribution in [0.3, 0.4) is 0 Å². The van der Waals surface area contributed by atoms with E-state index >= 15 is 0 Å². The third kappa shape index (κ3) is 3.78. The van der Waals surface area contributed by atoms with Crippen LogP contribution >= 0.6 is 0 Å². The summed E-state index contributed by atoms with van der Waals surface area (Å²) in [6.45, 7) is 1.98. The molecule has 0 saturated carbocycles. The van der Waals surface area contributed by atoms with E-state index in [2.05, 4.69) is 4.74 Å². The number of rotatable bonds is 5. The van der Waals surface area contributed by atoms with E-state index in [0.29, 0.717) is 23.0 Å². The molecule has 116 valence electrons. The van der Waals surface area contributed by atoms with Crippen molar-refractivity contribution in [1.82, 2.24) is 0 Å². The molecule has 0 N–H and O–H groups in total. The lowest BCUT2D eigenvalue weighted by molar-refractivity contribution is -0.274. The molecule has 3 nitrogen and oxygen atoms in total. The van der Waals surface area contributed by atoms with Gasteiger partial charge in [0.25, 0.3) is 0 Å². The van der Waals surface area contributed by atoms with Gasteiger partial charge in [-0.3, -0.25) is 4.79 Å². The van der Waals surface area contributed by atoms with Gasteiger partial charge in [0, 0.05) is 17.2 Å². The normalized spacial score (nSPS) is 11.1. The number of hydrogen-bond donors (Lipinski definition) is 0. The first-order valence-electron chi connectivity index (χ1n) is 6.51. The lowest BCUT2D eigenvalue weighted by Gasteiger charge is -2.15. The maximum atomic E-state index is 12.3. The van der Waals surface area contributed by atoms with Gasteiger partial charge < -0.3 is 9.47 Å². The number of carbonyl (C=O) groups excluding carboxylic acids is 1. The van der Waals surface area contributed by atoms with Gasteiger partial charge in [-0.1, -0.05) is 24.3 Å². The Balaban J connectivity index is 2.49. The zero-order valence-electron chi connectivity index (χ0n) is 11.7. The Kier molecular flexibility index (Phi) is 4.70. The van der Waals surface area contributed by atoms with Crippen LogP contribution in [0, 0.1) is 0 Å². The van der Waals surface area contributed by atoms with Gasteiger partial charge in [-0.05, 0) is 24.6 Å². The molecule has 2 rings (SSSR count). The second kappa shape index (κ2) is 6.51. The summed E-state index contributed by atoms with van der Waals surface area (Å²) in [7, 11) is 0. The first-order chi connectivity index (χ1) is 10.4. The first kappa shape index (κ1) is 15.9. The van der Waals surface area contributed by atoms with Gasteiger partial charge in [0.1, 0.15) is 11.5 Å². The molecular formula is C16H13F3O3. The molecule has 0 aliphatic carbocycles.